The van der Waals surface area contributed by atoms with Gasteiger partial charge < -0.3 is 0 Å². The molecule has 1 aromatic carbocycles. The van der Waals surface area contributed by atoms with E-state index in [4.69, 9.17) is 0 Å². The maximum absolute atomic E-state index is 11.7. The van der Waals surface area contributed by atoms with Gasteiger partial charge in [-0.25, -0.2) is 5.32 Å². The number of benzene rings is 1. The molecule has 0 heterocycles. The molecular formula is C16H22NO. The fraction of sp³-hybridized carbons (Fsp3) is 0.562. The second-order valence-corrected chi connectivity index (χ2v) is 5.20. The highest BCUT2D eigenvalue weighted by atomic mass is 16.1. The monoisotopic (exact) mass is 244 g/mol. The zero-order valence-electron chi connectivity index (χ0n) is 11.0. The van der Waals surface area contributed by atoms with E-state index in [1.807, 2.05) is 30.3 Å². The molecule has 0 aliphatic heterocycles. The SMILES string of the molecule is O=C([N]CCCC1CCCCC1)c1ccccc1. The van der Waals surface area contributed by atoms with E-state index in [0.717, 1.165) is 12.3 Å². The standard InChI is InChI=1S/C16H22NO/c18-16(15-11-5-2-6-12-15)17-13-7-10-14-8-3-1-4-9-14/h2,5-6,11-12,14H,1,3-4,7-10,13H2. The Labute approximate surface area is 110 Å². The largest absolute Gasteiger partial charge is 0.272 e. The van der Waals surface area contributed by atoms with Crippen LogP contribution in [0, 0.1) is 5.92 Å². The van der Waals surface area contributed by atoms with Crippen molar-refractivity contribution in [3.05, 3.63) is 35.9 Å². The van der Waals surface area contributed by atoms with Crippen LogP contribution < -0.4 is 5.32 Å². The molecule has 1 amide bonds. The van der Waals surface area contributed by atoms with Crippen molar-refractivity contribution in [2.24, 2.45) is 5.92 Å². The van der Waals surface area contributed by atoms with Gasteiger partial charge in [0.05, 0.1) is 0 Å². The summed E-state index contributed by atoms with van der Waals surface area (Å²) >= 11 is 0. The molecule has 1 saturated carbocycles. The number of hydrogen-bond acceptors (Lipinski definition) is 1. The lowest BCUT2D eigenvalue weighted by molar-refractivity contribution is 0.0947. The van der Waals surface area contributed by atoms with E-state index in [1.54, 1.807) is 0 Å². The summed E-state index contributed by atoms with van der Waals surface area (Å²) in [5.41, 5.74) is 0.704. The molecule has 1 aromatic rings. The van der Waals surface area contributed by atoms with E-state index < -0.39 is 0 Å². The van der Waals surface area contributed by atoms with Gasteiger partial charge in [0.15, 0.2) is 0 Å². The van der Waals surface area contributed by atoms with Gasteiger partial charge in [-0.15, -0.1) is 0 Å². The van der Waals surface area contributed by atoms with E-state index in [0.29, 0.717) is 12.1 Å². The van der Waals surface area contributed by atoms with E-state index in [2.05, 4.69) is 5.32 Å². The van der Waals surface area contributed by atoms with Gasteiger partial charge in [0.1, 0.15) is 0 Å². The third-order valence-electron chi connectivity index (χ3n) is 3.77. The van der Waals surface area contributed by atoms with Crippen molar-refractivity contribution in [3.8, 4) is 0 Å². The lowest BCUT2D eigenvalue weighted by Gasteiger charge is -2.20. The molecule has 18 heavy (non-hydrogen) atoms. The molecule has 0 saturated heterocycles. The number of carbonyl (C=O) groups is 1. The van der Waals surface area contributed by atoms with E-state index in [-0.39, 0.29) is 5.91 Å². The lowest BCUT2D eigenvalue weighted by atomic mass is 9.86. The first-order valence-electron chi connectivity index (χ1n) is 7.13. The van der Waals surface area contributed by atoms with Gasteiger partial charge in [-0.05, 0) is 30.9 Å². The molecule has 0 unspecified atom stereocenters. The fourth-order valence-electron chi connectivity index (χ4n) is 2.71. The van der Waals surface area contributed by atoms with Crippen molar-refractivity contribution < 1.29 is 4.79 Å². The molecule has 0 bridgehead atoms. The van der Waals surface area contributed by atoms with Gasteiger partial charge >= 0.3 is 0 Å². The van der Waals surface area contributed by atoms with Crippen LogP contribution in [-0.2, 0) is 0 Å². The van der Waals surface area contributed by atoms with Crippen LogP contribution >= 0.6 is 0 Å². The molecule has 2 heteroatoms. The first-order valence-corrected chi connectivity index (χ1v) is 7.13. The van der Waals surface area contributed by atoms with E-state index in [9.17, 15) is 4.79 Å². The van der Waals surface area contributed by atoms with Crippen molar-refractivity contribution >= 4 is 5.91 Å². The molecular weight excluding hydrogens is 222 g/mol. The average Bonchev–Trinajstić information content (AvgIpc) is 2.45. The topological polar surface area (TPSA) is 31.2 Å². The Morgan fingerprint density at radius 3 is 2.56 bits per heavy atom. The average molecular weight is 244 g/mol. The molecule has 0 aromatic heterocycles. The second-order valence-electron chi connectivity index (χ2n) is 5.20. The maximum Gasteiger partial charge on any atom is 0.272 e. The molecule has 1 aliphatic carbocycles. The molecule has 1 fully saturated rings. The Balaban J connectivity index is 1.62. The van der Waals surface area contributed by atoms with Crippen molar-refractivity contribution in [3.63, 3.8) is 0 Å². The van der Waals surface area contributed by atoms with Gasteiger partial charge in [-0.3, -0.25) is 4.79 Å². The van der Waals surface area contributed by atoms with Gasteiger partial charge in [0.25, 0.3) is 5.91 Å². The summed E-state index contributed by atoms with van der Waals surface area (Å²) in [5, 5.41) is 4.14. The minimum Gasteiger partial charge on any atom is -0.267 e. The third kappa shape index (κ3) is 4.17. The molecule has 97 valence electrons. The molecule has 0 N–H and O–H groups in total. The Kier molecular flexibility index (Phi) is 5.25. The summed E-state index contributed by atoms with van der Waals surface area (Å²) in [6, 6.07) is 9.33. The number of rotatable bonds is 5. The van der Waals surface area contributed by atoms with Crippen molar-refractivity contribution in [2.75, 3.05) is 6.54 Å². The van der Waals surface area contributed by atoms with Gasteiger partial charge in [-0.1, -0.05) is 50.3 Å². The first-order chi connectivity index (χ1) is 8.86. The number of carbonyl (C=O) groups excluding carboxylic acids is 1. The number of nitrogens with zero attached hydrogens (tertiary/aromatic N) is 1. The van der Waals surface area contributed by atoms with Crippen LogP contribution in [0.25, 0.3) is 0 Å². The number of amides is 1. The van der Waals surface area contributed by atoms with Crippen molar-refractivity contribution in [1.82, 2.24) is 5.32 Å². The van der Waals surface area contributed by atoms with Crippen LogP contribution in [0.4, 0.5) is 0 Å². The highest BCUT2D eigenvalue weighted by Crippen LogP contribution is 2.26. The summed E-state index contributed by atoms with van der Waals surface area (Å²) in [6.45, 7) is 0.685. The van der Waals surface area contributed by atoms with E-state index in [1.165, 1.54) is 38.5 Å². The van der Waals surface area contributed by atoms with Gasteiger partial charge in [-0.2, -0.15) is 0 Å². The third-order valence-corrected chi connectivity index (χ3v) is 3.77. The molecule has 0 spiro atoms. The predicted molar refractivity (Wildman–Crippen MR) is 73.6 cm³/mol. The molecule has 1 aliphatic rings. The van der Waals surface area contributed by atoms with Crippen LogP contribution in [0.1, 0.15) is 55.3 Å². The Morgan fingerprint density at radius 1 is 1.11 bits per heavy atom. The quantitative estimate of drug-likeness (QED) is 0.725. The summed E-state index contributed by atoms with van der Waals surface area (Å²) in [6.07, 6.45) is 9.26. The van der Waals surface area contributed by atoms with Crippen molar-refractivity contribution in [2.45, 2.75) is 44.9 Å². The maximum atomic E-state index is 11.7. The van der Waals surface area contributed by atoms with Crippen LogP contribution in [0.5, 0.6) is 0 Å². The highest BCUT2D eigenvalue weighted by molar-refractivity contribution is 5.93. The van der Waals surface area contributed by atoms with Crippen LogP contribution in [-0.4, -0.2) is 12.5 Å². The minimum absolute atomic E-state index is 0.0701. The van der Waals surface area contributed by atoms with Gasteiger partial charge in [0, 0.05) is 12.1 Å². The van der Waals surface area contributed by atoms with Gasteiger partial charge in [0.2, 0.25) is 0 Å². The van der Waals surface area contributed by atoms with Crippen LogP contribution in [0.2, 0.25) is 0 Å². The zero-order chi connectivity index (χ0) is 12.6. The predicted octanol–water partition coefficient (Wildman–Crippen LogP) is 3.79. The first kappa shape index (κ1) is 13.1. The smallest absolute Gasteiger partial charge is 0.267 e. The Morgan fingerprint density at radius 2 is 1.83 bits per heavy atom. The Bertz CT molecular complexity index is 355. The van der Waals surface area contributed by atoms with E-state index >= 15 is 0 Å². The molecule has 2 rings (SSSR count). The summed E-state index contributed by atoms with van der Waals surface area (Å²) in [4.78, 5) is 11.7. The Hall–Kier alpha value is -1.31. The zero-order valence-corrected chi connectivity index (χ0v) is 11.0. The highest BCUT2D eigenvalue weighted by Gasteiger charge is 2.13. The molecule has 1 radical (unpaired) electrons. The minimum atomic E-state index is -0.0701. The summed E-state index contributed by atoms with van der Waals surface area (Å²) in [5.74, 6) is 0.819. The van der Waals surface area contributed by atoms with Crippen molar-refractivity contribution in [1.29, 1.82) is 0 Å². The normalized spacial score (nSPS) is 16.4. The lowest BCUT2D eigenvalue weighted by Crippen LogP contribution is -2.18. The number of hydrogen-bond donors (Lipinski definition) is 0. The summed E-state index contributed by atoms with van der Waals surface area (Å²) in [7, 11) is 0. The molecule has 0 atom stereocenters. The fourth-order valence-corrected chi connectivity index (χ4v) is 2.71. The van der Waals surface area contributed by atoms with Crippen LogP contribution in [0.3, 0.4) is 0 Å². The summed E-state index contributed by atoms with van der Waals surface area (Å²) < 4.78 is 0. The van der Waals surface area contributed by atoms with Crippen LogP contribution in [0.15, 0.2) is 30.3 Å². The second kappa shape index (κ2) is 7.20. The molecule has 2 nitrogen and oxygen atoms in total.